The number of aromatic hydroxyl groups is 3. The summed E-state index contributed by atoms with van der Waals surface area (Å²) in [4.78, 5) is 0. The van der Waals surface area contributed by atoms with E-state index in [1.54, 1.807) is 54.6 Å². The molecule has 0 heterocycles. The lowest BCUT2D eigenvalue weighted by Crippen LogP contribution is -2.29. The number of phenolic OH excluding ortho intramolecular Hbond substituents is 3. The van der Waals surface area contributed by atoms with Crippen molar-refractivity contribution >= 4 is 15.7 Å². The third kappa shape index (κ3) is 6.38. The second-order valence-corrected chi connectivity index (χ2v) is 9.67. The van der Waals surface area contributed by atoms with Gasteiger partial charge >= 0.3 is 0 Å². The highest BCUT2D eigenvalue weighted by Crippen LogP contribution is 2.30. The Hall–Kier alpha value is -3.27. The van der Waals surface area contributed by atoms with Gasteiger partial charge in [-0.2, -0.15) is 0 Å². The molecule has 3 rings (SSSR count). The van der Waals surface area contributed by atoms with Crippen LogP contribution in [0.5, 0.6) is 17.2 Å². The summed E-state index contributed by atoms with van der Waals surface area (Å²) in [5.74, 6) is -0.209. The Labute approximate surface area is 193 Å². The zero-order chi connectivity index (χ0) is 24.0. The summed E-state index contributed by atoms with van der Waals surface area (Å²) in [5, 5.41) is 42.7. The molecule has 0 spiro atoms. The standard InChI is InChI=1S/C24H28N2O6S/c1-2-33(31,32)26-22-13-18(7-12-24(22)30)23(15-27)25-14-21(16-3-8-19(28)9-4-16)17-5-10-20(29)11-6-17/h3-13,21,23,25-30H,2,14-15H2,1H3. The second kappa shape index (κ2) is 10.6. The fourth-order valence-corrected chi connectivity index (χ4v) is 4.12. The molecule has 0 radical (unpaired) electrons. The first-order chi connectivity index (χ1) is 15.7. The molecule has 0 fully saturated rings. The Bertz CT molecular complexity index is 1120. The first-order valence-corrected chi connectivity index (χ1v) is 12.1. The van der Waals surface area contributed by atoms with E-state index < -0.39 is 16.1 Å². The molecule has 1 atom stereocenters. The van der Waals surface area contributed by atoms with Gasteiger partial charge in [-0.3, -0.25) is 4.72 Å². The van der Waals surface area contributed by atoms with Crippen LogP contribution < -0.4 is 10.0 Å². The van der Waals surface area contributed by atoms with Crippen LogP contribution in [0.2, 0.25) is 0 Å². The minimum Gasteiger partial charge on any atom is -0.508 e. The molecule has 0 saturated carbocycles. The summed E-state index contributed by atoms with van der Waals surface area (Å²) in [6.07, 6.45) is 0. The Morgan fingerprint density at radius 3 is 1.82 bits per heavy atom. The number of anilines is 1. The number of hydrogen-bond donors (Lipinski definition) is 6. The van der Waals surface area contributed by atoms with E-state index in [0.717, 1.165) is 11.1 Å². The van der Waals surface area contributed by atoms with Crippen molar-refractivity contribution in [1.29, 1.82) is 0 Å². The number of hydrogen-bond acceptors (Lipinski definition) is 7. The van der Waals surface area contributed by atoms with Gasteiger partial charge in [0, 0.05) is 12.5 Å². The summed E-state index contributed by atoms with van der Waals surface area (Å²) in [6.45, 7) is 1.63. The average Bonchev–Trinajstić information content (AvgIpc) is 2.80. The molecule has 0 aromatic heterocycles. The van der Waals surface area contributed by atoms with Gasteiger partial charge in [0.1, 0.15) is 17.2 Å². The summed E-state index contributed by atoms with van der Waals surface area (Å²) in [5.41, 5.74) is 2.48. The highest BCUT2D eigenvalue weighted by atomic mass is 32.2. The van der Waals surface area contributed by atoms with Crippen LogP contribution in [0.3, 0.4) is 0 Å². The monoisotopic (exact) mass is 472 g/mol. The lowest BCUT2D eigenvalue weighted by Gasteiger charge is -2.24. The summed E-state index contributed by atoms with van der Waals surface area (Å²) in [6, 6.07) is 17.6. The van der Waals surface area contributed by atoms with Gasteiger partial charge in [-0.1, -0.05) is 30.3 Å². The molecule has 0 saturated heterocycles. The van der Waals surface area contributed by atoms with E-state index in [4.69, 9.17) is 0 Å². The highest BCUT2D eigenvalue weighted by Gasteiger charge is 2.19. The molecule has 1 unspecified atom stereocenters. The van der Waals surface area contributed by atoms with Crippen molar-refractivity contribution in [3.05, 3.63) is 83.4 Å². The molecule has 0 aliphatic carbocycles. The van der Waals surface area contributed by atoms with E-state index in [0.29, 0.717) is 12.1 Å². The van der Waals surface area contributed by atoms with Gasteiger partial charge in [0.15, 0.2) is 0 Å². The molecule has 3 aromatic carbocycles. The molecule has 0 aliphatic rings. The van der Waals surface area contributed by atoms with Crippen LogP contribution in [-0.2, 0) is 10.0 Å². The van der Waals surface area contributed by atoms with Gasteiger partial charge in [0.25, 0.3) is 0 Å². The maximum atomic E-state index is 11.9. The molecule has 3 aromatic rings. The number of rotatable bonds is 10. The van der Waals surface area contributed by atoms with Crippen LogP contribution >= 0.6 is 0 Å². The molecule has 0 aliphatic heterocycles. The van der Waals surface area contributed by atoms with Crippen molar-refractivity contribution in [3.8, 4) is 17.2 Å². The SMILES string of the molecule is CCS(=O)(=O)Nc1cc(C(CO)NCC(c2ccc(O)cc2)c2ccc(O)cc2)ccc1O. The van der Waals surface area contributed by atoms with Crippen LogP contribution in [0.4, 0.5) is 5.69 Å². The lowest BCUT2D eigenvalue weighted by molar-refractivity contribution is 0.243. The normalized spacial score (nSPS) is 12.6. The van der Waals surface area contributed by atoms with Gasteiger partial charge in [-0.05, 0) is 60.0 Å². The Balaban J connectivity index is 1.85. The Kier molecular flexibility index (Phi) is 7.80. The van der Waals surface area contributed by atoms with Gasteiger partial charge in [-0.25, -0.2) is 8.42 Å². The van der Waals surface area contributed by atoms with Crippen molar-refractivity contribution in [2.75, 3.05) is 23.6 Å². The van der Waals surface area contributed by atoms with Crippen molar-refractivity contribution in [1.82, 2.24) is 5.32 Å². The Morgan fingerprint density at radius 1 is 0.818 bits per heavy atom. The average molecular weight is 473 g/mol. The van der Waals surface area contributed by atoms with E-state index in [1.807, 2.05) is 0 Å². The van der Waals surface area contributed by atoms with Gasteiger partial charge < -0.3 is 25.7 Å². The van der Waals surface area contributed by atoms with Crippen LogP contribution in [-0.4, -0.2) is 47.7 Å². The third-order valence-electron chi connectivity index (χ3n) is 5.41. The largest absolute Gasteiger partial charge is 0.508 e. The maximum Gasteiger partial charge on any atom is 0.232 e. The molecule has 176 valence electrons. The van der Waals surface area contributed by atoms with Gasteiger partial charge in [0.2, 0.25) is 10.0 Å². The molecule has 0 bridgehead atoms. The van der Waals surface area contributed by atoms with Gasteiger partial charge in [0.05, 0.1) is 24.1 Å². The second-order valence-electron chi connectivity index (χ2n) is 7.66. The topological polar surface area (TPSA) is 139 Å². The van der Waals surface area contributed by atoms with E-state index >= 15 is 0 Å². The fourth-order valence-electron chi connectivity index (χ4n) is 3.48. The van der Waals surface area contributed by atoms with E-state index in [-0.39, 0.29) is 41.2 Å². The van der Waals surface area contributed by atoms with Crippen molar-refractivity contribution < 1.29 is 28.8 Å². The first-order valence-electron chi connectivity index (χ1n) is 10.5. The minimum absolute atomic E-state index is 0.0446. The van der Waals surface area contributed by atoms with Crippen molar-refractivity contribution in [3.63, 3.8) is 0 Å². The third-order valence-corrected chi connectivity index (χ3v) is 6.70. The molecular formula is C24H28N2O6S. The Morgan fingerprint density at radius 2 is 1.33 bits per heavy atom. The van der Waals surface area contributed by atoms with Crippen molar-refractivity contribution in [2.24, 2.45) is 0 Å². The highest BCUT2D eigenvalue weighted by molar-refractivity contribution is 7.92. The minimum atomic E-state index is -3.58. The maximum absolute atomic E-state index is 11.9. The molecule has 8 nitrogen and oxygen atoms in total. The predicted octanol–water partition coefficient (Wildman–Crippen LogP) is 3.02. The van der Waals surface area contributed by atoms with E-state index in [1.165, 1.54) is 19.1 Å². The summed E-state index contributed by atoms with van der Waals surface area (Å²) in [7, 11) is -3.58. The number of sulfonamides is 1. The summed E-state index contributed by atoms with van der Waals surface area (Å²) < 4.78 is 26.2. The molecule has 33 heavy (non-hydrogen) atoms. The zero-order valence-electron chi connectivity index (χ0n) is 18.1. The lowest BCUT2D eigenvalue weighted by atomic mass is 9.90. The van der Waals surface area contributed by atoms with Gasteiger partial charge in [-0.15, -0.1) is 0 Å². The molecule has 0 amide bonds. The van der Waals surface area contributed by atoms with Crippen LogP contribution in [0.25, 0.3) is 0 Å². The number of aliphatic hydroxyl groups is 1. The van der Waals surface area contributed by atoms with E-state index in [9.17, 15) is 28.8 Å². The smallest absolute Gasteiger partial charge is 0.232 e. The van der Waals surface area contributed by atoms with Crippen LogP contribution in [0.15, 0.2) is 66.7 Å². The van der Waals surface area contributed by atoms with Crippen LogP contribution in [0.1, 0.15) is 35.6 Å². The van der Waals surface area contributed by atoms with Crippen LogP contribution in [0, 0.1) is 0 Å². The number of aliphatic hydroxyl groups excluding tert-OH is 1. The number of nitrogens with one attached hydrogen (secondary N) is 2. The molecule has 9 heteroatoms. The van der Waals surface area contributed by atoms with Crippen molar-refractivity contribution in [2.45, 2.75) is 18.9 Å². The first kappa shape index (κ1) is 24.4. The quantitative estimate of drug-likeness (QED) is 0.249. The molecule has 6 N–H and O–H groups in total. The summed E-state index contributed by atoms with van der Waals surface area (Å²) >= 11 is 0. The zero-order valence-corrected chi connectivity index (χ0v) is 19.0. The fraction of sp³-hybridized carbons (Fsp3) is 0.250. The predicted molar refractivity (Wildman–Crippen MR) is 127 cm³/mol. The van der Waals surface area contributed by atoms with E-state index in [2.05, 4.69) is 10.0 Å². The number of benzene rings is 3. The molecular weight excluding hydrogens is 444 g/mol. The number of phenols is 3.